The van der Waals surface area contributed by atoms with Crippen molar-refractivity contribution >= 4 is 11.8 Å². The summed E-state index contributed by atoms with van der Waals surface area (Å²) in [6, 6.07) is 7.96. The average Bonchev–Trinajstić information content (AvgIpc) is 2.47. The normalized spacial score (nSPS) is 18.2. The van der Waals surface area contributed by atoms with Crippen LogP contribution in [0.3, 0.4) is 0 Å². The summed E-state index contributed by atoms with van der Waals surface area (Å²) in [6.45, 7) is 5.04. The summed E-state index contributed by atoms with van der Waals surface area (Å²) in [5, 5.41) is 13.3. The van der Waals surface area contributed by atoms with E-state index in [1.165, 1.54) is 4.90 Å². The predicted molar refractivity (Wildman–Crippen MR) is 79.0 cm³/mol. The van der Waals surface area contributed by atoms with Crippen LogP contribution in [0, 0.1) is 0 Å². The van der Waals surface area contributed by atoms with Crippen LogP contribution in [-0.2, 0) is 0 Å². The van der Waals surface area contributed by atoms with E-state index in [-0.39, 0.29) is 0 Å². The zero-order valence-corrected chi connectivity index (χ0v) is 12.2. The van der Waals surface area contributed by atoms with E-state index in [1.807, 2.05) is 30.5 Å². The van der Waals surface area contributed by atoms with Crippen molar-refractivity contribution in [1.29, 1.82) is 0 Å². The molecule has 19 heavy (non-hydrogen) atoms. The Morgan fingerprint density at radius 1 is 1.32 bits per heavy atom. The molecule has 1 atom stereocenters. The highest BCUT2D eigenvalue weighted by atomic mass is 32.2. The molecule has 1 unspecified atom stereocenters. The minimum Gasteiger partial charge on any atom is -0.491 e. The highest BCUT2D eigenvalue weighted by molar-refractivity contribution is 7.98. The lowest BCUT2D eigenvalue weighted by Crippen LogP contribution is -2.47. The molecule has 2 N–H and O–H groups in total. The van der Waals surface area contributed by atoms with E-state index in [0.717, 1.165) is 31.9 Å². The van der Waals surface area contributed by atoms with E-state index >= 15 is 0 Å². The van der Waals surface area contributed by atoms with Gasteiger partial charge in [-0.15, -0.1) is 11.8 Å². The fourth-order valence-electron chi connectivity index (χ4n) is 2.11. The van der Waals surface area contributed by atoms with Crippen LogP contribution < -0.4 is 10.1 Å². The SMILES string of the molecule is CSc1ccc(OCC(O)CN2CCNCC2)cc1. The van der Waals surface area contributed by atoms with Gasteiger partial charge in [-0.1, -0.05) is 0 Å². The first-order chi connectivity index (χ1) is 9.28. The Bertz CT molecular complexity index is 366. The van der Waals surface area contributed by atoms with E-state index in [0.29, 0.717) is 13.2 Å². The highest BCUT2D eigenvalue weighted by Crippen LogP contribution is 2.19. The largest absolute Gasteiger partial charge is 0.491 e. The molecule has 1 aromatic rings. The summed E-state index contributed by atoms with van der Waals surface area (Å²) >= 11 is 1.71. The zero-order valence-electron chi connectivity index (χ0n) is 11.3. The number of ether oxygens (including phenoxy) is 1. The Hall–Kier alpha value is -0.750. The number of aliphatic hydroxyl groups is 1. The van der Waals surface area contributed by atoms with Crippen LogP contribution in [0.5, 0.6) is 5.75 Å². The van der Waals surface area contributed by atoms with Crippen LogP contribution in [0.4, 0.5) is 0 Å². The Morgan fingerprint density at radius 2 is 2.00 bits per heavy atom. The zero-order chi connectivity index (χ0) is 13.5. The average molecular weight is 282 g/mol. The fraction of sp³-hybridized carbons (Fsp3) is 0.571. The Balaban J connectivity index is 1.71. The number of nitrogens with one attached hydrogen (secondary N) is 1. The molecule has 106 valence electrons. The Morgan fingerprint density at radius 3 is 2.63 bits per heavy atom. The molecule has 4 nitrogen and oxygen atoms in total. The number of β-amino-alcohol motifs (C(OH)–C–C–N with tert-alkyl or cyclic N) is 1. The van der Waals surface area contributed by atoms with Gasteiger partial charge < -0.3 is 15.2 Å². The maximum absolute atomic E-state index is 9.97. The first-order valence-corrected chi connectivity index (χ1v) is 7.88. The van der Waals surface area contributed by atoms with Crippen molar-refractivity contribution in [3.05, 3.63) is 24.3 Å². The molecule has 0 saturated carbocycles. The van der Waals surface area contributed by atoms with Gasteiger partial charge in [0.15, 0.2) is 0 Å². The van der Waals surface area contributed by atoms with E-state index in [2.05, 4.69) is 10.2 Å². The maximum Gasteiger partial charge on any atom is 0.119 e. The molecule has 0 aliphatic carbocycles. The number of benzene rings is 1. The minimum atomic E-state index is -0.432. The van der Waals surface area contributed by atoms with Gasteiger partial charge in [-0.3, -0.25) is 4.90 Å². The number of thioether (sulfide) groups is 1. The van der Waals surface area contributed by atoms with Crippen LogP contribution in [-0.4, -0.2) is 61.7 Å². The molecule has 0 spiro atoms. The number of hydrogen-bond acceptors (Lipinski definition) is 5. The van der Waals surface area contributed by atoms with Gasteiger partial charge in [0, 0.05) is 37.6 Å². The molecule has 0 aromatic heterocycles. The molecule has 1 aliphatic heterocycles. The molecule has 1 aliphatic rings. The number of nitrogens with zero attached hydrogens (tertiary/aromatic N) is 1. The van der Waals surface area contributed by atoms with E-state index in [9.17, 15) is 5.11 Å². The van der Waals surface area contributed by atoms with Crippen molar-refractivity contribution in [3.63, 3.8) is 0 Å². The Labute approximate surface area is 119 Å². The van der Waals surface area contributed by atoms with Crippen molar-refractivity contribution in [2.24, 2.45) is 0 Å². The van der Waals surface area contributed by atoms with Crippen molar-refractivity contribution in [1.82, 2.24) is 10.2 Å². The van der Waals surface area contributed by atoms with Gasteiger partial charge in [0.25, 0.3) is 0 Å². The smallest absolute Gasteiger partial charge is 0.119 e. The summed E-state index contributed by atoms with van der Waals surface area (Å²) in [4.78, 5) is 3.48. The summed E-state index contributed by atoms with van der Waals surface area (Å²) in [6.07, 6.45) is 1.62. The van der Waals surface area contributed by atoms with Gasteiger partial charge in [-0.05, 0) is 30.5 Å². The first kappa shape index (κ1) is 14.7. The molecule has 1 heterocycles. The molecule has 1 fully saturated rings. The van der Waals surface area contributed by atoms with Crippen LogP contribution in [0.25, 0.3) is 0 Å². The van der Waals surface area contributed by atoms with E-state index in [1.54, 1.807) is 11.8 Å². The van der Waals surface area contributed by atoms with Gasteiger partial charge in [-0.2, -0.15) is 0 Å². The number of rotatable bonds is 6. The summed E-state index contributed by atoms with van der Waals surface area (Å²) < 4.78 is 5.61. The van der Waals surface area contributed by atoms with Gasteiger partial charge >= 0.3 is 0 Å². The Kier molecular flexibility index (Phi) is 5.97. The fourth-order valence-corrected chi connectivity index (χ4v) is 2.52. The van der Waals surface area contributed by atoms with Crippen LogP contribution in [0.2, 0.25) is 0 Å². The van der Waals surface area contributed by atoms with Crippen molar-refractivity contribution in [2.45, 2.75) is 11.0 Å². The lowest BCUT2D eigenvalue weighted by molar-refractivity contribution is 0.0641. The lowest BCUT2D eigenvalue weighted by Gasteiger charge is -2.29. The van der Waals surface area contributed by atoms with E-state index in [4.69, 9.17) is 4.74 Å². The van der Waals surface area contributed by atoms with Crippen molar-refractivity contribution < 1.29 is 9.84 Å². The summed E-state index contributed by atoms with van der Waals surface area (Å²) in [5.74, 6) is 0.817. The van der Waals surface area contributed by atoms with Crippen LogP contribution >= 0.6 is 11.8 Å². The number of aliphatic hydroxyl groups excluding tert-OH is 1. The maximum atomic E-state index is 9.97. The molecule has 0 radical (unpaired) electrons. The molecule has 0 bridgehead atoms. The number of piperazine rings is 1. The molecular weight excluding hydrogens is 260 g/mol. The summed E-state index contributed by atoms with van der Waals surface area (Å²) in [7, 11) is 0. The second kappa shape index (κ2) is 7.75. The second-order valence-electron chi connectivity index (χ2n) is 4.69. The lowest BCUT2D eigenvalue weighted by atomic mass is 10.3. The molecule has 2 rings (SSSR count). The van der Waals surface area contributed by atoms with E-state index < -0.39 is 6.10 Å². The van der Waals surface area contributed by atoms with Crippen molar-refractivity contribution in [2.75, 3.05) is 45.6 Å². The third-order valence-electron chi connectivity index (χ3n) is 3.18. The summed E-state index contributed by atoms with van der Waals surface area (Å²) in [5.41, 5.74) is 0. The molecule has 5 heteroatoms. The van der Waals surface area contributed by atoms with Gasteiger partial charge in [0.2, 0.25) is 0 Å². The van der Waals surface area contributed by atoms with Crippen molar-refractivity contribution in [3.8, 4) is 5.75 Å². The predicted octanol–water partition coefficient (Wildman–Crippen LogP) is 1.05. The topological polar surface area (TPSA) is 44.7 Å². The first-order valence-electron chi connectivity index (χ1n) is 6.66. The molecule has 0 amide bonds. The highest BCUT2D eigenvalue weighted by Gasteiger charge is 2.14. The molecule has 1 saturated heterocycles. The molecule has 1 aromatic carbocycles. The third kappa shape index (κ3) is 5.03. The second-order valence-corrected chi connectivity index (χ2v) is 5.57. The van der Waals surface area contributed by atoms with Gasteiger partial charge in [0.1, 0.15) is 18.5 Å². The van der Waals surface area contributed by atoms with Crippen LogP contribution in [0.1, 0.15) is 0 Å². The van der Waals surface area contributed by atoms with Gasteiger partial charge in [-0.25, -0.2) is 0 Å². The van der Waals surface area contributed by atoms with Crippen LogP contribution in [0.15, 0.2) is 29.2 Å². The quantitative estimate of drug-likeness (QED) is 0.764. The number of hydrogen-bond donors (Lipinski definition) is 2. The minimum absolute atomic E-state index is 0.350. The molecular formula is C14H22N2O2S. The standard InChI is InChI=1S/C14H22N2O2S/c1-19-14-4-2-13(3-5-14)18-11-12(17)10-16-8-6-15-7-9-16/h2-5,12,15,17H,6-11H2,1H3. The third-order valence-corrected chi connectivity index (χ3v) is 3.92. The van der Waals surface area contributed by atoms with Gasteiger partial charge in [0.05, 0.1) is 0 Å². The monoisotopic (exact) mass is 282 g/mol.